The molecular weight excluding hydrogens is 717 g/mol. The molecule has 0 saturated heterocycles. The van der Waals surface area contributed by atoms with Crippen LogP contribution in [0.3, 0.4) is 0 Å². The van der Waals surface area contributed by atoms with Crippen LogP contribution in [-0.4, -0.2) is 19.5 Å². The number of aromatic nitrogens is 4. The van der Waals surface area contributed by atoms with Gasteiger partial charge >= 0.3 is 0 Å². The summed E-state index contributed by atoms with van der Waals surface area (Å²) < 4.78 is 2.53. The van der Waals surface area contributed by atoms with E-state index in [-0.39, 0.29) is 0 Å². The highest BCUT2D eigenvalue weighted by molar-refractivity contribution is 6.41. The molecule has 272 valence electrons. The monoisotopic (exact) mass is 748 g/mol. The molecule has 13 rings (SSSR count). The van der Waals surface area contributed by atoms with E-state index in [1.165, 1.54) is 76.4 Å². The Morgan fingerprint density at radius 3 is 1.59 bits per heavy atom. The van der Waals surface area contributed by atoms with Crippen molar-refractivity contribution < 1.29 is 0 Å². The van der Waals surface area contributed by atoms with Crippen LogP contribution in [0, 0.1) is 0 Å². The van der Waals surface area contributed by atoms with Crippen molar-refractivity contribution in [2.24, 2.45) is 0 Å². The number of nitrogens with zero attached hydrogens (tertiary/aromatic N) is 4. The highest BCUT2D eigenvalue weighted by atomic mass is 15.0. The van der Waals surface area contributed by atoms with Crippen molar-refractivity contribution in [1.82, 2.24) is 19.5 Å². The van der Waals surface area contributed by atoms with Crippen molar-refractivity contribution in [3.05, 3.63) is 194 Å². The molecule has 0 aliphatic heterocycles. The Hall–Kier alpha value is -7.95. The summed E-state index contributed by atoms with van der Waals surface area (Å²) >= 11 is 0. The van der Waals surface area contributed by atoms with Crippen LogP contribution in [0.1, 0.15) is 0 Å². The molecule has 0 amide bonds. The molecule has 2 aromatic heterocycles. The maximum atomic E-state index is 5.16. The number of fused-ring (bicyclic) bond motifs is 9. The van der Waals surface area contributed by atoms with Gasteiger partial charge in [-0.15, -0.1) is 0 Å². The average molecular weight is 749 g/mol. The fourth-order valence-electron chi connectivity index (χ4n) is 9.88. The summed E-state index contributed by atoms with van der Waals surface area (Å²) in [6.45, 7) is 0. The van der Waals surface area contributed by atoms with Gasteiger partial charge in [-0.25, -0.2) is 15.0 Å². The quantitative estimate of drug-likeness (QED) is 0.168. The average Bonchev–Trinajstić information content (AvgIpc) is 3.61. The Morgan fingerprint density at radius 1 is 0.305 bits per heavy atom. The second kappa shape index (κ2) is 12.3. The lowest BCUT2D eigenvalue weighted by molar-refractivity contribution is 1.08. The minimum Gasteiger partial charge on any atom is -0.308 e. The molecule has 0 radical (unpaired) electrons. The van der Waals surface area contributed by atoms with Crippen molar-refractivity contribution in [3.63, 3.8) is 0 Å². The van der Waals surface area contributed by atoms with Crippen LogP contribution < -0.4 is 0 Å². The van der Waals surface area contributed by atoms with Gasteiger partial charge in [-0.05, 0) is 73.5 Å². The zero-order valence-electron chi connectivity index (χ0n) is 31.8. The van der Waals surface area contributed by atoms with E-state index in [2.05, 4.69) is 162 Å². The Bertz CT molecular complexity index is 3660. The summed E-state index contributed by atoms with van der Waals surface area (Å²) in [5.41, 5.74) is 11.4. The van der Waals surface area contributed by atoms with Crippen molar-refractivity contribution in [2.75, 3.05) is 0 Å². The Labute approximate surface area is 339 Å². The molecule has 0 unspecified atom stereocenters. The van der Waals surface area contributed by atoms with Crippen molar-refractivity contribution in [2.45, 2.75) is 0 Å². The fourth-order valence-corrected chi connectivity index (χ4v) is 9.88. The molecule has 0 spiro atoms. The van der Waals surface area contributed by atoms with Gasteiger partial charge in [0.1, 0.15) is 0 Å². The van der Waals surface area contributed by atoms with E-state index in [0.29, 0.717) is 17.5 Å². The highest BCUT2D eigenvalue weighted by Crippen LogP contribution is 2.54. The van der Waals surface area contributed by atoms with Gasteiger partial charge in [-0.1, -0.05) is 170 Å². The predicted octanol–water partition coefficient (Wildman–Crippen LogP) is 14.2. The minimum atomic E-state index is 0.643. The summed E-state index contributed by atoms with van der Waals surface area (Å²) in [6.07, 6.45) is 0. The van der Waals surface area contributed by atoms with E-state index in [9.17, 15) is 0 Å². The van der Waals surface area contributed by atoms with Gasteiger partial charge in [0.15, 0.2) is 17.5 Å². The van der Waals surface area contributed by atoms with Gasteiger partial charge in [0.25, 0.3) is 0 Å². The third-order valence-corrected chi connectivity index (χ3v) is 12.3. The van der Waals surface area contributed by atoms with E-state index < -0.39 is 0 Å². The lowest BCUT2D eigenvalue weighted by Crippen LogP contribution is -2.02. The zero-order valence-corrected chi connectivity index (χ0v) is 31.8. The molecule has 4 heteroatoms. The molecule has 0 bridgehead atoms. The lowest BCUT2D eigenvalue weighted by atomic mass is 9.88. The first-order valence-electron chi connectivity index (χ1n) is 20.1. The molecule has 4 nitrogen and oxygen atoms in total. The minimum absolute atomic E-state index is 0.643. The van der Waals surface area contributed by atoms with Crippen LogP contribution in [0.2, 0.25) is 0 Å². The summed E-state index contributed by atoms with van der Waals surface area (Å²) in [5.74, 6) is 1.94. The highest BCUT2D eigenvalue weighted by Gasteiger charge is 2.28. The van der Waals surface area contributed by atoms with Crippen LogP contribution in [0.4, 0.5) is 0 Å². The van der Waals surface area contributed by atoms with Crippen LogP contribution in [-0.2, 0) is 0 Å². The first-order chi connectivity index (χ1) is 29.3. The van der Waals surface area contributed by atoms with Gasteiger partial charge in [0.05, 0.1) is 16.7 Å². The van der Waals surface area contributed by atoms with Gasteiger partial charge in [0, 0.05) is 43.6 Å². The van der Waals surface area contributed by atoms with Gasteiger partial charge in [0.2, 0.25) is 0 Å². The zero-order chi connectivity index (χ0) is 38.6. The number of benzene rings is 10. The first-order valence-corrected chi connectivity index (χ1v) is 20.1. The standard InChI is InChI=1S/C55H32N4/c1-3-16-33(17-4-1)53-56-54(34-18-5-2-6-19-34)58-55(57-53)44-30-31-46(40-25-12-11-24-39(40)44)59-47-29-15-28-41-37-22-9-10-23-38(37)45-32-35-20-7-8-21-36(35)48-42-26-13-14-27-43(42)52(59)51(49(41)47)50(45)48/h1-32H. The van der Waals surface area contributed by atoms with E-state index in [0.717, 1.165) is 33.2 Å². The Balaban J connectivity index is 1.17. The van der Waals surface area contributed by atoms with Crippen molar-refractivity contribution in [3.8, 4) is 62.1 Å². The maximum Gasteiger partial charge on any atom is 0.164 e. The van der Waals surface area contributed by atoms with E-state index >= 15 is 0 Å². The predicted molar refractivity (Wildman–Crippen MR) is 245 cm³/mol. The molecule has 2 heterocycles. The summed E-state index contributed by atoms with van der Waals surface area (Å²) in [6, 6.07) is 69.7. The largest absolute Gasteiger partial charge is 0.308 e. The normalized spacial score (nSPS) is 12.1. The van der Waals surface area contributed by atoms with E-state index in [4.69, 9.17) is 15.0 Å². The molecule has 0 N–H and O–H groups in total. The number of rotatable bonds is 4. The molecule has 1 aliphatic rings. The molecule has 1 aliphatic carbocycles. The van der Waals surface area contributed by atoms with Crippen LogP contribution in [0.15, 0.2) is 194 Å². The second-order valence-electron chi connectivity index (χ2n) is 15.5. The second-order valence-corrected chi connectivity index (χ2v) is 15.5. The topological polar surface area (TPSA) is 43.6 Å². The van der Waals surface area contributed by atoms with Crippen LogP contribution >= 0.6 is 0 Å². The molecule has 0 fully saturated rings. The number of hydrogen-bond donors (Lipinski definition) is 0. The van der Waals surface area contributed by atoms with Gasteiger partial charge in [-0.3, -0.25) is 0 Å². The van der Waals surface area contributed by atoms with Gasteiger partial charge < -0.3 is 4.57 Å². The van der Waals surface area contributed by atoms with Crippen molar-refractivity contribution >= 4 is 64.9 Å². The third-order valence-electron chi connectivity index (χ3n) is 12.3. The Morgan fingerprint density at radius 2 is 0.864 bits per heavy atom. The van der Waals surface area contributed by atoms with Crippen LogP contribution in [0.5, 0.6) is 0 Å². The maximum absolute atomic E-state index is 5.16. The first kappa shape index (κ1) is 32.2. The molecule has 12 aromatic rings. The summed E-state index contributed by atoms with van der Waals surface area (Å²) in [4.78, 5) is 15.3. The molecule has 0 saturated carbocycles. The van der Waals surface area contributed by atoms with Gasteiger partial charge in [-0.2, -0.15) is 0 Å². The third kappa shape index (κ3) is 4.57. The van der Waals surface area contributed by atoms with Crippen molar-refractivity contribution in [1.29, 1.82) is 0 Å². The van der Waals surface area contributed by atoms with Crippen LogP contribution in [0.25, 0.3) is 127 Å². The summed E-state index contributed by atoms with van der Waals surface area (Å²) in [5, 5.41) is 12.4. The summed E-state index contributed by atoms with van der Waals surface area (Å²) in [7, 11) is 0. The van der Waals surface area contributed by atoms with E-state index in [1.54, 1.807) is 0 Å². The fraction of sp³-hybridized carbons (Fsp3) is 0. The molecular formula is C55H32N4. The molecule has 59 heavy (non-hydrogen) atoms. The van der Waals surface area contributed by atoms with E-state index in [1.807, 2.05) is 36.4 Å². The molecule has 10 aromatic carbocycles. The molecule has 0 atom stereocenters. The Kier molecular flexibility index (Phi) is 6.69. The lowest BCUT2D eigenvalue weighted by Gasteiger charge is -2.19. The smallest absolute Gasteiger partial charge is 0.164 e. The number of hydrogen-bond acceptors (Lipinski definition) is 3. The SMILES string of the molecule is c1ccc(-c2nc(-c3ccccc3)nc(-c3ccc(-n4c5cccc6c5c5c7c(cc8ccccc8c7c7ccccc7c54)-c4ccccc4-6)c4ccccc34)n2)cc1.